The van der Waals surface area contributed by atoms with Crippen molar-refractivity contribution in [3.05, 3.63) is 24.3 Å². The smallest absolute Gasteiger partial charge is 0.229 e. The number of benzene rings is 1. The van der Waals surface area contributed by atoms with Crippen molar-refractivity contribution in [2.45, 2.75) is 30.6 Å². The molecule has 0 bridgehead atoms. The molecule has 0 unspecified atom stereocenters. The van der Waals surface area contributed by atoms with E-state index in [1.807, 2.05) is 0 Å². The summed E-state index contributed by atoms with van der Waals surface area (Å²) in [6.07, 6.45) is -4.42. The molecule has 7 nitrogen and oxygen atoms in total. The van der Waals surface area contributed by atoms with E-state index in [0.717, 1.165) is 0 Å². The van der Waals surface area contributed by atoms with Gasteiger partial charge in [0.05, 0.1) is 19.8 Å². The van der Waals surface area contributed by atoms with Crippen molar-refractivity contribution in [3.8, 4) is 11.5 Å². The standard InChI is InChI=1S/C13H19NO6/c1-18-7-2-4-8(5-3-7)19-13-12(17)11(16)10(14)9(6-15)20-13/h2-5,9-13,15-17H,6,14H2,1H3/t9-,10+,11+,12-,13+/m1/s1. The Morgan fingerprint density at radius 3 is 2.30 bits per heavy atom. The zero-order chi connectivity index (χ0) is 14.7. The highest BCUT2D eigenvalue weighted by atomic mass is 16.7. The molecule has 1 heterocycles. The fourth-order valence-electron chi connectivity index (χ4n) is 2.00. The van der Waals surface area contributed by atoms with Gasteiger partial charge >= 0.3 is 0 Å². The molecule has 0 aromatic heterocycles. The Kier molecular flexibility index (Phi) is 4.79. The summed E-state index contributed by atoms with van der Waals surface area (Å²) in [7, 11) is 1.55. The van der Waals surface area contributed by atoms with Crippen molar-refractivity contribution < 1.29 is 29.5 Å². The van der Waals surface area contributed by atoms with Crippen LogP contribution < -0.4 is 15.2 Å². The minimum atomic E-state index is -1.30. The van der Waals surface area contributed by atoms with Gasteiger partial charge in [-0.2, -0.15) is 0 Å². The van der Waals surface area contributed by atoms with E-state index in [-0.39, 0.29) is 6.61 Å². The SMILES string of the molecule is COc1ccc(O[C@H]2O[C@H](CO)[C@H](N)[C@H](O)[C@H]2O)cc1. The second kappa shape index (κ2) is 6.38. The van der Waals surface area contributed by atoms with Crippen LogP contribution in [0.5, 0.6) is 11.5 Å². The molecular formula is C13H19NO6. The van der Waals surface area contributed by atoms with Gasteiger partial charge in [-0.1, -0.05) is 0 Å². The monoisotopic (exact) mass is 285 g/mol. The van der Waals surface area contributed by atoms with Crippen LogP contribution in [0.25, 0.3) is 0 Å². The van der Waals surface area contributed by atoms with Crippen LogP contribution in [0.15, 0.2) is 24.3 Å². The first-order chi connectivity index (χ1) is 9.56. The van der Waals surface area contributed by atoms with Crippen LogP contribution in [0.4, 0.5) is 0 Å². The van der Waals surface area contributed by atoms with Gasteiger partial charge < -0.3 is 35.3 Å². The van der Waals surface area contributed by atoms with Gasteiger partial charge in [0.25, 0.3) is 0 Å². The number of ether oxygens (including phenoxy) is 3. The number of aliphatic hydroxyl groups is 3. The molecule has 7 heteroatoms. The van der Waals surface area contributed by atoms with Crippen LogP contribution in [0.3, 0.4) is 0 Å². The third-order valence-corrected chi connectivity index (χ3v) is 3.25. The fourth-order valence-corrected chi connectivity index (χ4v) is 2.00. The number of rotatable bonds is 4. The van der Waals surface area contributed by atoms with E-state index in [0.29, 0.717) is 11.5 Å². The molecule has 0 aliphatic carbocycles. The molecule has 0 radical (unpaired) electrons. The first-order valence-corrected chi connectivity index (χ1v) is 6.25. The average Bonchev–Trinajstić information content (AvgIpc) is 2.48. The van der Waals surface area contributed by atoms with E-state index < -0.39 is 30.6 Å². The molecule has 1 aromatic carbocycles. The number of hydrogen-bond acceptors (Lipinski definition) is 7. The minimum absolute atomic E-state index is 0.368. The summed E-state index contributed by atoms with van der Waals surface area (Å²) in [6, 6.07) is 5.80. The molecule has 1 aliphatic heterocycles. The summed E-state index contributed by atoms with van der Waals surface area (Å²) in [6.45, 7) is -0.368. The van der Waals surface area contributed by atoms with E-state index in [4.69, 9.17) is 25.1 Å². The van der Waals surface area contributed by atoms with E-state index in [9.17, 15) is 10.2 Å². The fraction of sp³-hybridized carbons (Fsp3) is 0.538. The van der Waals surface area contributed by atoms with E-state index in [2.05, 4.69) is 0 Å². The summed E-state index contributed by atoms with van der Waals surface area (Å²) in [4.78, 5) is 0. The molecule has 2 rings (SSSR count). The number of methoxy groups -OCH3 is 1. The largest absolute Gasteiger partial charge is 0.497 e. The molecule has 5 atom stereocenters. The van der Waals surface area contributed by atoms with Gasteiger partial charge in [0, 0.05) is 0 Å². The third kappa shape index (κ3) is 3.02. The van der Waals surface area contributed by atoms with Crippen LogP contribution in [-0.2, 0) is 4.74 Å². The maximum absolute atomic E-state index is 9.90. The Labute approximate surface area is 116 Å². The summed E-state index contributed by atoms with van der Waals surface area (Å²) in [5, 5.41) is 28.9. The highest BCUT2D eigenvalue weighted by molar-refractivity contribution is 5.31. The van der Waals surface area contributed by atoms with Gasteiger partial charge in [0.2, 0.25) is 6.29 Å². The van der Waals surface area contributed by atoms with Crippen molar-refractivity contribution in [2.24, 2.45) is 5.73 Å². The summed E-state index contributed by atoms with van der Waals surface area (Å²) in [5.74, 6) is 1.10. The number of nitrogens with two attached hydrogens (primary N) is 1. The lowest BCUT2D eigenvalue weighted by molar-refractivity contribution is -0.247. The molecule has 1 fully saturated rings. The highest BCUT2D eigenvalue weighted by Gasteiger charge is 2.43. The normalized spacial score (nSPS) is 33.8. The molecule has 20 heavy (non-hydrogen) atoms. The molecule has 5 N–H and O–H groups in total. The van der Waals surface area contributed by atoms with Crippen LogP contribution in [0.1, 0.15) is 0 Å². The van der Waals surface area contributed by atoms with Gasteiger partial charge in [-0.25, -0.2) is 0 Å². The van der Waals surface area contributed by atoms with Crippen LogP contribution in [-0.4, -0.2) is 59.7 Å². The number of aliphatic hydroxyl groups excluding tert-OH is 3. The van der Waals surface area contributed by atoms with Crippen molar-refractivity contribution in [3.63, 3.8) is 0 Å². The average molecular weight is 285 g/mol. The lowest BCUT2D eigenvalue weighted by Gasteiger charge is -2.40. The zero-order valence-corrected chi connectivity index (χ0v) is 11.0. The van der Waals surface area contributed by atoms with Gasteiger partial charge in [0.1, 0.15) is 29.8 Å². The predicted octanol–water partition coefficient (Wildman–Crippen LogP) is -1.16. The van der Waals surface area contributed by atoms with E-state index in [1.54, 1.807) is 31.4 Å². The van der Waals surface area contributed by atoms with Gasteiger partial charge in [-0.15, -0.1) is 0 Å². The maximum Gasteiger partial charge on any atom is 0.229 e. The molecule has 1 aromatic rings. The van der Waals surface area contributed by atoms with Crippen molar-refractivity contribution >= 4 is 0 Å². The van der Waals surface area contributed by atoms with Crippen LogP contribution >= 0.6 is 0 Å². The zero-order valence-electron chi connectivity index (χ0n) is 11.0. The first kappa shape index (κ1) is 15.0. The van der Waals surface area contributed by atoms with Crippen LogP contribution in [0.2, 0.25) is 0 Å². The summed E-state index contributed by atoms with van der Waals surface area (Å²) >= 11 is 0. The molecule has 1 aliphatic rings. The molecule has 0 spiro atoms. The topological polar surface area (TPSA) is 114 Å². The van der Waals surface area contributed by atoms with Crippen molar-refractivity contribution in [1.82, 2.24) is 0 Å². The second-order valence-electron chi connectivity index (χ2n) is 4.58. The third-order valence-electron chi connectivity index (χ3n) is 3.25. The van der Waals surface area contributed by atoms with Gasteiger partial charge in [0.15, 0.2) is 0 Å². The Morgan fingerprint density at radius 1 is 1.15 bits per heavy atom. The van der Waals surface area contributed by atoms with Crippen molar-refractivity contribution in [1.29, 1.82) is 0 Å². The molecule has 0 saturated carbocycles. The van der Waals surface area contributed by atoms with Crippen LogP contribution in [0, 0.1) is 0 Å². The first-order valence-electron chi connectivity index (χ1n) is 6.25. The minimum Gasteiger partial charge on any atom is -0.497 e. The Balaban J connectivity index is 2.06. The lowest BCUT2D eigenvalue weighted by atomic mass is 9.97. The second-order valence-corrected chi connectivity index (χ2v) is 4.58. The lowest BCUT2D eigenvalue weighted by Crippen LogP contribution is -2.63. The van der Waals surface area contributed by atoms with Gasteiger partial charge in [-0.05, 0) is 24.3 Å². The predicted molar refractivity (Wildman–Crippen MR) is 69.4 cm³/mol. The molecule has 0 amide bonds. The summed E-state index contributed by atoms with van der Waals surface area (Å²) < 4.78 is 15.8. The van der Waals surface area contributed by atoms with Gasteiger partial charge in [-0.3, -0.25) is 0 Å². The van der Waals surface area contributed by atoms with E-state index >= 15 is 0 Å². The summed E-state index contributed by atoms with van der Waals surface area (Å²) in [5.41, 5.74) is 5.65. The Bertz CT molecular complexity index is 423. The number of hydrogen-bond donors (Lipinski definition) is 4. The molecule has 1 saturated heterocycles. The maximum atomic E-state index is 9.90. The van der Waals surface area contributed by atoms with Crippen molar-refractivity contribution in [2.75, 3.05) is 13.7 Å². The molecular weight excluding hydrogens is 266 g/mol. The Morgan fingerprint density at radius 2 is 1.75 bits per heavy atom. The highest BCUT2D eigenvalue weighted by Crippen LogP contribution is 2.24. The quantitative estimate of drug-likeness (QED) is 0.551. The Hall–Kier alpha value is -1.38. The van der Waals surface area contributed by atoms with E-state index in [1.165, 1.54) is 0 Å². The molecule has 112 valence electrons.